The van der Waals surface area contributed by atoms with Gasteiger partial charge in [-0.25, -0.2) is 8.78 Å². The zero-order valence-corrected chi connectivity index (χ0v) is 21.2. The number of hydrogen-bond acceptors (Lipinski definition) is 9. The maximum atomic E-state index is 14.1. The van der Waals surface area contributed by atoms with Gasteiger partial charge in [0.2, 0.25) is 5.91 Å². The Morgan fingerprint density at radius 3 is 2.25 bits per heavy atom. The van der Waals surface area contributed by atoms with Crippen LogP contribution in [0.3, 0.4) is 0 Å². The minimum absolute atomic E-state index is 0.00201. The van der Waals surface area contributed by atoms with Crippen LogP contribution >= 0.6 is 0 Å². The first-order valence-electron chi connectivity index (χ1n) is 12.2. The predicted octanol–water partition coefficient (Wildman–Crippen LogP) is 0.114. The Labute approximate surface area is 225 Å². The third kappa shape index (κ3) is 3.67. The van der Waals surface area contributed by atoms with Gasteiger partial charge in [0.25, 0.3) is 0 Å². The second-order valence-corrected chi connectivity index (χ2v) is 10.5. The van der Waals surface area contributed by atoms with Crippen LogP contribution in [-0.4, -0.2) is 81.1 Å². The number of nitrogens with two attached hydrogens (primary N) is 1. The maximum absolute atomic E-state index is 14.1. The number of carbonyl (C=O) groups is 5. The largest absolute Gasteiger partial charge is 0.507 e. The highest BCUT2D eigenvalue weighted by molar-refractivity contribution is 6.33. The normalized spacial score (nSPS) is 32.6. The van der Waals surface area contributed by atoms with Crippen LogP contribution in [-0.2, 0) is 19.2 Å². The maximum Gasteiger partial charge on any atom is 0.235 e. The van der Waals surface area contributed by atoms with Crippen LogP contribution in [0, 0.1) is 35.3 Å². The lowest BCUT2D eigenvalue weighted by atomic mass is 9.50. The van der Waals surface area contributed by atoms with Gasteiger partial charge in [-0.2, -0.15) is 0 Å². The van der Waals surface area contributed by atoms with Crippen molar-refractivity contribution in [2.24, 2.45) is 29.4 Å². The van der Waals surface area contributed by atoms with E-state index in [4.69, 9.17) is 5.73 Å². The highest BCUT2D eigenvalue weighted by atomic mass is 19.1. The molecule has 0 heterocycles. The van der Waals surface area contributed by atoms with Crippen molar-refractivity contribution in [1.82, 2.24) is 4.90 Å². The number of halogens is 2. The lowest BCUT2D eigenvalue weighted by Gasteiger charge is -2.55. The topological polar surface area (TPSA) is 175 Å². The van der Waals surface area contributed by atoms with Gasteiger partial charge in [0, 0.05) is 12.0 Å². The Bertz CT molecular complexity index is 1530. The molecule has 2 fully saturated rings. The lowest BCUT2D eigenvalue weighted by Crippen LogP contribution is -2.77. The SMILES string of the molecule is CN(C)[C@@H]1C(=O)C(C(N)=O)C(=O)[C@@]2(O)C(=O)C3C(=O)c4c(O)cccc4C(=Cc4cc(F)cc(F)c4)[C@H]3[C@H](O)[C@@H]12. The number of amides is 1. The van der Waals surface area contributed by atoms with Gasteiger partial charge in [0.1, 0.15) is 17.4 Å². The number of aromatic hydroxyl groups is 1. The van der Waals surface area contributed by atoms with Crippen molar-refractivity contribution in [3.8, 4) is 5.75 Å². The number of primary amides is 1. The van der Waals surface area contributed by atoms with E-state index < -0.39 is 87.8 Å². The van der Waals surface area contributed by atoms with Gasteiger partial charge in [-0.15, -0.1) is 0 Å². The number of carbonyl (C=O) groups excluding carboxylic acids is 5. The number of Topliss-reactive ketones (excluding diaryl/α,β-unsaturated/α-hetero) is 4. The zero-order chi connectivity index (χ0) is 29.4. The van der Waals surface area contributed by atoms with E-state index in [0.717, 1.165) is 18.2 Å². The monoisotopic (exact) mass is 554 g/mol. The summed E-state index contributed by atoms with van der Waals surface area (Å²) in [7, 11) is 2.73. The van der Waals surface area contributed by atoms with E-state index >= 15 is 0 Å². The molecule has 3 aliphatic carbocycles. The number of aliphatic hydroxyl groups excluding tert-OH is 1. The van der Waals surface area contributed by atoms with Crippen molar-refractivity contribution >= 4 is 40.7 Å². The molecule has 2 aromatic rings. The van der Waals surface area contributed by atoms with Gasteiger partial charge >= 0.3 is 0 Å². The van der Waals surface area contributed by atoms with E-state index in [1.807, 2.05) is 0 Å². The summed E-state index contributed by atoms with van der Waals surface area (Å²) in [5, 5.41) is 34.0. The molecule has 2 aromatic carbocycles. The van der Waals surface area contributed by atoms with Crippen molar-refractivity contribution in [1.29, 1.82) is 0 Å². The Hall–Kier alpha value is -4.13. The number of aliphatic hydroxyl groups is 2. The Morgan fingerprint density at radius 1 is 1.05 bits per heavy atom. The molecule has 2 saturated carbocycles. The summed E-state index contributed by atoms with van der Waals surface area (Å²) in [6.07, 6.45) is -0.718. The molecular weight excluding hydrogens is 530 g/mol. The smallest absolute Gasteiger partial charge is 0.235 e. The van der Waals surface area contributed by atoms with Crippen molar-refractivity contribution < 1.29 is 48.1 Å². The average molecular weight is 555 g/mol. The third-order valence-corrected chi connectivity index (χ3v) is 8.08. The number of ketones is 4. The van der Waals surface area contributed by atoms with Crippen LogP contribution in [0.1, 0.15) is 21.5 Å². The molecule has 208 valence electrons. The Morgan fingerprint density at radius 2 is 1.68 bits per heavy atom. The summed E-state index contributed by atoms with van der Waals surface area (Å²) >= 11 is 0. The molecule has 0 spiro atoms. The first-order chi connectivity index (χ1) is 18.7. The number of phenolic OH excluding ortho intramolecular Hbond substituents is 1. The Kier molecular flexibility index (Phi) is 6.32. The van der Waals surface area contributed by atoms with Crippen LogP contribution in [0.2, 0.25) is 0 Å². The lowest BCUT2D eigenvalue weighted by molar-refractivity contribution is -0.192. The third-order valence-electron chi connectivity index (χ3n) is 8.08. The molecular formula is C28H24F2N2O8. The van der Waals surface area contributed by atoms with E-state index in [2.05, 4.69) is 0 Å². The van der Waals surface area contributed by atoms with Crippen LogP contribution in [0.5, 0.6) is 5.75 Å². The molecule has 0 aliphatic heterocycles. The molecule has 7 atom stereocenters. The van der Waals surface area contributed by atoms with Crippen LogP contribution in [0.4, 0.5) is 8.78 Å². The number of rotatable bonds is 3. The average Bonchev–Trinajstić information content (AvgIpc) is 2.84. The molecule has 5 rings (SSSR count). The second kappa shape index (κ2) is 9.22. The minimum atomic E-state index is -3.17. The molecule has 5 N–H and O–H groups in total. The van der Waals surface area contributed by atoms with Crippen molar-refractivity contribution in [3.63, 3.8) is 0 Å². The summed E-state index contributed by atoms with van der Waals surface area (Å²) < 4.78 is 28.1. The summed E-state index contributed by atoms with van der Waals surface area (Å²) in [5.74, 6) is -16.4. The predicted molar refractivity (Wildman–Crippen MR) is 133 cm³/mol. The molecule has 2 unspecified atom stereocenters. The van der Waals surface area contributed by atoms with E-state index in [1.54, 1.807) is 0 Å². The number of hydrogen-bond donors (Lipinski definition) is 4. The number of fused-ring (bicyclic) bond motifs is 3. The van der Waals surface area contributed by atoms with Crippen molar-refractivity contribution in [2.45, 2.75) is 17.7 Å². The summed E-state index contributed by atoms with van der Waals surface area (Å²) in [5.41, 5.74) is 1.74. The fourth-order valence-electron chi connectivity index (χ4n) is 6.51. The minimum Gasteiger partial charge on any atom is -0.507 e. The van der Waals surface area contributed by atoms with Gasteiger partial charge in [0.15, 0.2) is 34.7 Å². The number of benzene rings is 2. The van der Waals surface area contributed by atoms with Crippen LogP contribution in [0.25, 0.3) is 11.6 Å². The quantitative estimate of drug-likeness (QED) is 0.384. The second-order valence-electron chi connectivity index (χ2n) is 10.5. The molecule has 3 aliphatic rings. The van der Waals surface area contributed by atoms with Gasteiger partial charge in [-0.3, -0.25) is 28.9 Å². The standard InChI is InChI=1S/C28H24F2N2O8/c1-32(2)21-20-23(35)17-14(8-10-6-11(29)9-12(30)7-10)13-4-3-5-15(33)16(13)22(34)18(17)25(37)28(20,40)26(38)19(24(21)36)27(31)39/h3-9,17-21,23,33,35,40H,1-2H3,(H2,31,39)/t17-,18?,19?,20-,21+,23+,28+/m1/s1. The van der Waals surface area contributed by atoms with E-state index in [-0.39, 0.29) is 22.3 Å². The molecule has 0 saturated heterocycles. The molecule has 0 bridgehead atoms. The van der Waals surface area contributed by atoms with Crippen molar-refractivity contribution in [2.75, 3.05) is 14.1 Å². The van der Waals surface area contributed by atoms with Crippen LogP contribution < -0.4 is 5.73 Å². The van der Waals surface area contributed by atoms with Gasteiger partial charge in [-0.1, -0.05) is 18.2 Å². The first-order valence-corrected chi connectivity index (χ1v) is 12.2. The van der Waals surface area contributed by atoms with Gasteiger partial charge < -0.3 is 21.1 Å². The number of phenols is 1. The van der Waals surface area contributed by atoms with E-state index in [0.29, 0.717) is 6.07 Å². The highest BCUT2D eigenvalue weighted by Crippen LogP contribution is 2.54. The molecule has 10 nitrogen and oxygen atoms in total. The van der Waals surface area contributed by atoms with Crippen LogP contribution in [0.15, 0.2) is 36.4 Å². The van der Waals surface area contributed by atoms with E-state index in [9.17, 15) is 48.1 Å². The molecule has 1 amide bonds. The summed E-state index contributed by atoms with van der Waals surface area (Å²) in [6, 6.07) is 4.93. The first kappa shape index (κ1) is 27.4. The zero-order valence-electron chi connectivity index (χ0n) is 21.2. The number of likely N-dealkylation sites (N-methyl/N-ethyl adjacent to an activating group) is 1. The fourth-order valence-corrected chi connectivity index (χ4v) is 6.51. The van der Waals surface area contributed by atoms with Crippen molar-refractivity contribution in [3.05, 3.63) is 64.7 Å². The summed E-state index contributed by atoms with van der Waals surface area (Å²) in [6.45, 7) is 0. The Balaban J connectivity index is 1.81. The molecule has 12 heteroatoms. The number of nitrogens with zero attached hydrogens (tertiary/aromatic N) is 1. The molecule has 40 heavy (non-hydrogen) atoms. The molecule has 0 aromatic heterocycles. The summed E-state index contributed by atoms with van der Waals surface area (Å²) in [4.78, 5) is 67.8. The fraction of sp³-hybridized carbons (Fsp3) is 0.321. The van der Waals surface area contributed by atoms with Gasteiger partial charge in [-0.05, 0) is 49.0 Å². The van der Waals surface area contributed by atoms with Gasteiger partial charge in [0.05, 0.1) is 29.5 Å². The molecule has 0 radical (unpaired) electrons. The van der Waals surface area contributed by atoms with E-state index in [1.165, 1.54) is 37.2 Å². The highest BCUT2D eigenvalue weighted by Gasteiger charge is 2.72.